The molecule has 2 rings (SSSR count). The normalized spacial score (nSPS) is 10.4. The summed E-state index contributed by atoms with van der Waals surface area (Å²) in [4.78, 5) is 4.25. The highest BCUT2D eigenvalue weighted by atomic mass is 79.9. The van der Waals surface area contributed by atoms with Crippen molar-refractivity contribution in [2.24, 2.45) is 0 Å². The van der Waals surface area contributed by atoms with Gasteiger partial charge < -0.3 is 9.47 Å². The summed E-state index contributed by atoms with van der Waals surface area (Å²) in [6.45, 7) is 2.54. The van der Waals surface area contributed by atoms with Crippen LogP contribution in [0.4, 0.5) is 0 Å². The van der Waals surface area contributed by atoms with Gasteiger partial charge in [0.15, 0.2) is 0 Å². The third-order valence-electron chi connectivity index (χ3n) is 2.42. The van der Waals surface area contributed by atoms with Gasteiger partial charge in [-0.05, 0) is 46.6 Å². The molecule has 0 spiro atoms. The summed E-state index contributed by atoms with van der Waals surface area (Å²) in [5, 5.41) is 0. The van der Waals surface area contributed by atoms with Crippen molar-refractivity contribution in [3.63, 3.8) is 0 Å². The van der Waals surface area contributed by atoms with E-state index in [9.17, 15) is 0 Å². The smallest absolute Gasteiger partial charge is 0.222 e. The minimum absolute atomic E-state index is 0.573. The molecule has 1 heterocycles. The first-order chi connectivity index (χ1) is 8.69. The standard InChI is InChI=1S/C14H14BrNO2/c1-10-6-12(15)8-16-14(10)18-13-5-3-4-11(7-13)9-17-2/h3-8H,9H2,1-2H3. The lowest BCUT2D eigenvalue weighted by Crippen LogP contribution is -1.93. The van der Waals surface area contributed by atoms with E-state index in [2.05, 4.69) is 20.9 Å². The average molecular weight is 308 g/mol. The zero-order chi connectivity index (χ0) is 13.0. The first-order valence-corrected chi connectivity index (χ1v) is 6.36. The molecule has 0 aliphatic carbocycles. The molecule has 4 heteroatoms. The zero-order valence-corrected chi connectivity index (χ0v) is 11.9. The second kappa shape index (κ2) is 5.98. The summed E-state index contributed by atoms with van der Waals surface area (Å²) < 4.78 is 11.8. The summed E-state index contributed by atoms with van der Waals surface area (Å²) in [6.07, 6.45) is 1.72. The number of ether oxygens (including phenoxy) is 2. The Balaban J connectivity index is 2.20. The van der Waals surface area contributed by atoms with Crippen molar-refractivity contribution in [1.29, 1.82) is 0 Å². The maximum atomic E-state index is 5.76. The van der Waals surface area contributed by atoms with Gasteiger partial charge in [-0.25, -0.2) is 4.98 Å². The van der Waals surface area contributed by atoms with Gasteiger partial charge in [0, 0.05) is 23.3 Å². The molecule has 0 atom stereocenters. The van der Waals surface area contributed by atoms with Crippen LogP contribution in [0.3, 0.4) is 0 Å². The molecule has 2 aromatic rings. The van der Waals surface area contributed by atoms with Gasteiger partial charge in [-0.15, -0.1) is 0 Å². The van der Waals surface area contributed by atoms with E-state index in [-0.39, 0.29) is 0 Å². The summed E-state index contributed by atoms with van der Waals surface area (Å²) in [6, 6.07) is 9.77. The lowest BCUT2D eigenvalue weighted by molar-refractivity contribution is 0.184. The predicted molar refractivity (Wildman–Crippen MR) is 73.9 cm³/mol. The molecule has 3 nitrogen and oxygen atoms in total. The van der Waals surface area contributed by atoms with Crippen molar-refractivity contribution in [1.82, 2.24) is 4.98 Å². The minimum Gasteiger partial charge on any atom is -0.439 e. The molecule has 0 amide bonds. The van der Waals surface area contributed by atoms with Gasteiger partial charge in [0.1, 0.15) is 5.75 Å². The van der Waals surface area contributed by atoms with Crippen molar-refractivity contribution in [3.05, 3.63) is 52.1 Å². The van der Waals surface area contributed by atoms with Crippen molar-refractivity contribution in [2.75, 3.05) is 7.11 Å². The molecule has 0 aliphatic rings. The highest BCUT2D eigenvalue weighted by Crippen LogP contribution is 2.25. The summed E-state index contributed by atoms with van der Waals surface area (Å²) >= 11 is 3.38. The van der Waals surface area contributed by atoms with Gasteiger partial charge in [0.2, 0.25) is 5.88 Å². The number of nitrogens with zero attached hydrogens (tertiary/aromatic N) is 1. The summed E-state index contributed by atoms with van der Waals surface area (Å²) in [7, 11) is 1.67. The molecule has 0 aliphatic heterocycles. The molecule has 1 aromatic heterocycles. The van der Waals surface area contributed by atoms with Crippen molar-refractivity contribution in [3.8, 4) is 11.6 Å². The maximum Gasteiger partial charge on any atom is 0.222 e. The van der Waals surface area contributed by atoms with Gasteiger partial charge >= 0.3 is 0 Å². The number of hydrogen-bond acceptors (Lipinski definition) is 3. The van der Waals surface area contributed by atoms with Crippen molar-refractivity contribution in [2.45, 2.75) is 13.5 Å². The van der Waals surface area contributed by atoms with Crippen LogP contribution in [0.15, 0.2) is 41.0 Å². The highest BCUT2D eigenvalue weighted by Gasteiger charge is 2.04. The maximum absolute atomic E-state index is 5.76. The van der Waals surface area contributed by atoms with E-state index in [0.29, 0.717) is 12.5 Å². The SMILES string of the molecule is COCc1cccc(Oc2ncc(Br)cc2C)c1. The summed E-state index contributed by atoms with van der Waals surface area (Å²) in [5.41, 5.74) is 2.06. The molecule has 0 N–H and O–H groups in total. The second-order valence-corrected chi connectivity index (χ2v) is 4.87. The van der Waals surface area contributed by atoms with E-state index >= 15 is 0 Å². The van der Waals surface area contributed by atoms with Crippen LogP contribution in [0.5, 0.6) is 11.6 Å². The lowest BCUT2D eigenvalue weighted by atomic mass is 10.2. The van der Waals surface area contributed by atoms with Crippen LogP contribution in [0, 0.1) is 6.92 Å². The fraction of sp³-hybridized carbons (Fsp3) is 0.214. The molecule has 0 fully saturated rings. The number of hydrogen-bond donors (Lipinski definition) is 0. The van der Waals surface area contributed by atoms with E-state index in [0.717, 1.165) is 21.3 Å². The molecule has 0 saturated carbocycles. The predicted octanol–water partition coefficient (Wildman–Crippen LogP) is 4.09. The minimum atomic E-state index is 0.573. The molecular weight excluding hydrogens is 294 g/mol. The molecular formula is C14H14BrNO2. The van der Waals surface area contributed by atoms with Crippen LogP contribution in [0.2, 0.25) is 0 Å². The van der Waals surface area contributed by atoms with E-state index < -0.39 is 0 Å². The van der Waals surface area contributed by atoms with Crippen LogP contribution < -0.4 is 4.74 Å². The van der Waals surface area contributed by atoms with Crippen LogP contribution in [-0.4, -0.2) is 12.1 Å². The van der Waals surface area contributed by atoms with Gasteiger partial charge in [0.25, 0.3) is 0 Å². The zero-order valence-electron chi connectivity index (χ0n) is 10.3. The lowest BCUT2D eigenvalue weighted by Gasteiger charge is -2.09. The molecule has 94 valence electrons. The Bertz CT molecular complexity index is 543. The number of aromatic nitrogens is 1. The number of rotatable bonds is 4. The number of methoxy groups -OCH3 is 1. The van der Waals surface area contributed by atoms with Crippen LogP contribution in [0.25, 0.3) is 0 Å². The Kier molecular flexibility index (Phi) is 4.33. The average Bonchev–Trinajstić information content (AvgIpc) is 2.34. The van der Waals surface area contributed by atoms with E-state index in [1.165, 1.54) is 0 Å². The Morgan fingerprint density at radius 1 is 1.28 bits per heavy atom. The van der Waals surface area contributed by atoms with Crippen molar-refractivity contribution < 1.29 is 9.47 Å². The molecule has 0 saturated heterocycles. The van der Waals surface area contributed by atoms with Crippen molar-refractivity contribution >= 4 is 15.9 Å². The van der Waals surface area contributed by atoms with Gasteiger partial charge in [-0.3, -0.25) is 0 Å². The van der Waals surface area contributed by atoms with E-state index in [4.69, 9.17) is 9.47 Å². The number of benzene rings is 1. The first kappa shape index (κ1) is 13.1. The van der Waals surface area contributed by atoms with E-state index in [1.807, 2.05) is 37.3 Å². The van der Waals surface area contributed by atoms with Gasteiger partial charge in [0.05, 0.1) is 6.61 Å². The third kappa shape index (κ3) is 3.31. The number of aryl methyl sites for hydroxylation is 1. The fourth-order valence-electron chi connectivity index (χ4n) is 1.61. The molecule has 18 heavy (non-hydrogen) atoms. The summed E-state index contributed by atoms with van der Waals surface area (Å²) in [5.74, 6) is 1.38. The fourth-order valence-corrected chi connectivity index (χ4v) is 2.06. The molecule has 0 radical (unpaired) electrons. The van der Waals surface area contributed by atoms with E-state index in [1.54, 1.807) is 13.3 Å². The largest absolute Gasteiger partial charge is 0.439 e. The number of halogens is 1. The first-order valence-electron chi connectivity index (χ1n) is 5.57. The third-order valence-corrected chi connectivity index (χ3v) is 2.85. The monoisotopic (exact) mass is 307 g/mol. The Labute approximate surface area is 115 Å². The van der Waals surface area contributed by atoms with Crippen LogP contribution in [-0.2, 0) is 11.3 Å². The highest BCUT2D eigenvalue weighted by molar-refractivity contribution is 9.10. The van der Waals surface area contributed by atoms with Gasteiger partial charge in [-0.1, -0.05) is 12.1 Å². The Hall–Kier alpha value is -1.39. The van der Waals surface area contributed by atoms with Gasteiger partial charge in [-0.2, -0.15) is 0 Å². The second-order valence-electron chi connectivity index (χ2n) is 3.96. The molecule has 0 unspecified atom stereocenters. The van der Waals surface area contributed by atoms with Crippen LogP contribution in [0.1, 0.15) is 11.1 Å². The topological polar surface area (TPSA) is 31.4 Å². The van der Waals surface area contributed by atoms with Crippen LogP contribution >= 0.6 is 15.9 Å². The molecule has 0 bridgehead atoms. The molecule has 1 aromatic carbocycles. The Morgan fingerprint density at radius 2 is 2.11 bits per heavy atom. The number of pyridine rings is 1. The Morgan fingerprint density at radius 3 is 2.83 bits per heavy atom. The quantitative estimate of drug-likeness (QED) is 0.852.